The molecule has 1 atom stereocenters. The Morgan fingerprint density at radius 3 is 2.18 bits per heavy atom. The maximum Gasteiger partial charge on any atom is 0.318 e. The van der Waals surface area contributed by atoms with Gasteiger partial charge in [0.25, 0.3) is 0 Å². The van der Waals surface area contributed by atoms with E-state index in [9.17, 15) is 4.79 Å². The van der Waals surface area contributed by atoms with Crippen LogP contribution in [-0.4, -0.2) is 17.6 Å². The molecule has 1 unspecified atom stereocenters. The molecule has 4 aromatic rings. The Balaban J connectivity index is 1.70. The molecule has 3 aromatic carbocycles. The number of methoxy groups -OCH3 is 1. The zero-order valence-electron chi connectivity index (χ0n) is 19.3. The van der Waals surface area contributed by atoms with E-state index in [2.05, 4.69) is 36.6 Å². The monoisotopic (exact) mass is 439 g/mol. The molecule has 0 amide bonds. The molecular weight excluding hydrogens is 410 g/mol. The molecule has 0 aliphatic rings. The minimum atomic E-state index is -0.542. The highest BCUT2D eigenvalue weighted by atomic mass is 16.5. The van der Waals surface area contributed by atoms with Crippen molar-refractivity contribution in [3.8, 4) is 5.75 Å². The normalized spacial score (nSPS) is 11.7. The van der Waals surface area contributed by atoms with Crippen LogP contribution in [0.4, 0.5) is 0 Å². The van der Waals surface area contributed by atoms with Crippen LogP contribution < -0.4 is 4.74 Å². The molecule has 0 N–H and O–H groups in total. The van der Waals surface area contributed by atoms with Crippen LogP contribution in [0.5, 0.6) is 5.75 Å². The Bertz CT molecular complexity index is 1210. The molecule has 0 radical (unpaired) electrons. The number of carbonyl (C=O) groups excluding carboxylic acids is 1. The molecule has 0 aliphatic carbocycles. The topological polar surface area (TPSA) is 40.5 Å². The molecule has 1 heterocycles. The highest BCUT2D eigenvalue weighted by Crippen LogP contribution is 2.33. The second-order valence-corrected chi connectivity index (χ2v) is 8.20. The van der Waals surface area contributed by atoms with E-state index >= 15 is 0 Å². The number of aromatic nitrogens is 1. The Kier molecular flexibility index (Phi) is 6.94. The second kappa shape index (κ2) is 10.2. The highest BCUT2D eigenvalue weighted by Gasteiger charge is 2.29. The Morgan fingerprint density at radius 1 is 0.848 bits per heavy atom. The number of rotatable bonds is 8. The van der Waals surface area contributed by atoms with Crippen molar-refractivity contribution < 1.29 is 14.3 Å². The lowest BCUT2D eigenvalue weighted by molar-refractivity contribution is -0.145. The second-order valence-electron chi connectivity index (χ2n) is 8.20. The molecule has 0 spiro atoms. The lowest BCUT2D eigenvalue weighted by Crippen LogP contribution is -2.18. The zero-order valence-corrected chi connectivity index (χ0v) is 19.3. The van der Waals surface area contributed by atoms with Crippen LogP contribution in [0.3, 0.4) is 0 Å². The summed E-state index contributed by atoms with van der Waals surface area (Å²) in [4.78, 5) is 13.5. The standard InChI is InChI=1S/C29H29NO3/c1-21-17-27(22(2)30(21)19-23-11-6-4-7-12-23)28(25-15-10-16-26(18-25)32-3)29(31)33-20-24-13-8-5-9-14-24/h4-18,28H,19-20H2,1-3H3. The van der Waals surface area contributed by atoms with Gasteiger partial charge in [-0.05, 0) is 54.3 Å². The summed E-state index contributed by atoms with van der Waals surface area (Å²) in [7, 11) is 1.63. The van der Waals surface area contributed by atoms with Crippen molar-refractivity contribution in [2.75, 3.05) is 7.11 Å². The number of nitrogens with zero attached hydrogens (tertiary/aromatic N) is 1. The predicted octanol–water partition coefficient (Wildman–Crippen LogP) is 6.04. The van der Waals surface area contributed by atoms with Gasteiger partial charge in [0.05, 0.1) is 7.11 Å². The largest absolute Gasteiger partial charge is 0.497 e. The maximum absolute atomic E-state index is 13.5. The van der Waals surface area contributed by atoms with Crippen LogP contribution in [0.1, 0.15) is 39.6 Å². The van der Waals surface area contributed by atoms with Gasteiger partial charge in [-0.15, -0.1) is 0 Å². The zero-order chi connectivity index (χ0) is 23.2. The third kappa shape index (κ3) is 5.17. The quantitative estimate of drug-likeness (QED) is 0.314. The van der Waals surface area contributed by atoms with E-state index in [-0.39, 0.29) is 12.6 Å². The predicted molar refractivity (Wildman–Crippen MR) is 131 cm³/mol. The first kappa shape index (κ1) is 22.4. The van der Waals surface area contributed by atoms with Crippen molar-refractivity contribution in [2.45, 2.75) is 32.9 Å². The molecule has 168 valence electrons. The van der Waals surface area contributed by atoms with Gasteiger partial charge in [-0.2, -0.15) is 0 Å². The lowest BCUT2D eigenvalue weighted by atomic mass is 9.91. The fourth-order valence-electron chi connectivity index (χ4n) is 4.20. The smallest absolute Gasteiger partial charge is 0.318 e. The van der Waals surface area contributed by atoms with E-state index < -0.39 is 5.92 Å². The van der Waals surface area contributed by atoms with E-state index in [1.807, 2.05) is 72.8 Å². The Labute approximate surface area is 195 Å². The molecule has 4 heteroatoms. The lowest BCUT2D eigenvalue weighted by Gasteiger charge is -2.18. The average Bonchev–Trinajstić information content (AvgIpc) is 3.12. The molecule has 0 aliphatic heterocycles. The summed E-state index contributed by atoms with van der Waals surface area (Å²) < 4.78 is 13.5. The van der Waals surface area contributed by atoms with Crippen LogP contribution in [0.15, 0.2) is 91.0 Å². The molecular formula is C29H29NO3. The Morgan fingerprint density at radius 2 is 1.52 bits per heavy atom. The number of benzene rings is 3. The summed E-state index contributed by atoms with van der Waals surface area (Å²) in [6, 6.07) is 29.9. The van der Waals surface area contributed by atoms with E-state index in [1.165, 1.54) is 5.56 Å². The minimum absolute atomic E-state index is 0.239. The maximum atomic E-state index is 13.5. The minimum Gasteiger partial charge on any atom is -0.497 e. The molecule has 0 bridgehead atoms. The summed E-state index contributed by atoms with van der Waals surface area (Å²) in [5, 5.41) is 0. The van der Waals surface area contributed by atoms with Crippen LogP contribution in [0.2, 0.25) is 0 Å². The summed E-state index contributed by atoms with van der Waals surface area (Å²) in [6.07, 6.45) is 0. The molecule has 33 heavy (non-hydrogen) atoms. The molecule has 0 saturated carbocycles. The van der Waals surface area contributed by atoms with Gasteiger partial charge in [-0.1, -0.05) is 72.8 Å². The molecule has 1 aromatic heterocycles. The summed E-state index contributed by atoms with van der Waals surface area (Å²) in [5.74, 6) is -0.0990. The van der Waals surface area contributed by atoms with Crippen LogP contribution in [-0.2, 0) is 22.7 Å². The van der Waals surface area contributed by atoms with Gasteiger partial charge >= 0.3 is 5.97 Å². The molecule has 4 nitrogen and oxygen atoms in total. The van der Waals surface area contributed by atoms with Crippen LogP contribution in [0.25, 0.3) is 0 Å². The van der Waals surface area contributed by atoms with Crippen molar-refractivity contribution in [1.82, 2.24) is 4.57 Å². The fourth-order valence-corrected chi connectivity index (χ4v) is 4.20. The number of hydrogen-bond acceptors (Lipinski definition) is 3. The molecule has 4 rings (SSSR count). The number of esters is 1. The third-order valence-corrected chi connectivity index (χ3v) is 5.99. The first-order chi connectivity index (χ1) is 16.1. The van der Waals surface area contributed by atoms with Crippen molar-refractivity contribution in [3.05, 3.63) is 125 Å². The van der Waals surface area contributed by atoms with Gasteiger partial charge in [-0.25, -0.2) is 0 Å². The highest BCUT2D eigenvalue weighted by molar-refractivity contribution is 5.83. The van der Waals surface area contributed by atoms with Crippen LogP contribution in [0, 0.1) is 13.8 Å². The van der Waals surface area contributed by atoms with E-state index in [1.54, 1.807) is 7.11 Å². The molecule has 0 saturated heterocycles. The first-order valence-corrected chi connectivity index (χ1v) is 11.1. The van der Waals surface area contributed by atoms with Gasteiger partial charge in [0.1, 0.15) is 18.3 Å². The van der Waals surface area contributed by atoms with Gasteiger partial charge in [-0.3, -0.25) is 4.79 Å². The average molecular weight is 440 g/mol. The van der Waals surface area contributed by atoms with Crippen molar-refractivity contribution in [1.29, 1.82) is 0 Å². The number of carbonyl (C=O) groups is 1. The number of aryl methyl sites for hydroxylation is 1. The van der Waals surface area contributed by atoms with E-state index in [0.717, 1.165) is 34.6 Å². The van der Waals surface area contributed by atoms with Gasteiger partial charge in [0.2, 0.25) is 0 Å². The van der Waals surface area contributed by atoms with Gasteiger partial charge in [0.15, 0.2) is 0 Å². The summed E-state index contributed by atoms with van der Waals surface area (Å²) in [5.41, 5.74) is 6.15. The van der Waals surface area contributed by atoms with Crippen molar-refractivity contribution >= 4 is 5.97 Å². The van der Waals surface area contributed by atoms with Crippen molar-refractivity contribution in [2.24, 2.45) is 0 Å². The Hall–Kier alpha value is -3.79. The van der Waals surface area contributed by atoms with Gasteiger partial charge in [0, 0.05) is 17.9 Å². The first-order valence-electron chi connectivity index (χ1n) is 11.1. The third-order valence-electron chi connectivity index (χ3n) is 5.99. The van der Waals surface area contributed by atoms with E-state index in [0.29, 0.717) is 5.75 Å². The van der Waals surface area contributed by atoms with Gasteiger partial charge < -0.3 is 14.0 Å². The fraction of sp³-hybridized carbons (Fsp3) is 0.207. The summed E-state index contributed by atoms with van der Waals surface area (Å²) >= 11 is 0. The molecule has 0 fully saturated rings. The summed E-state index contributed by atoms with van der Waals surface area (Å²) in [6.45, 7) is 5.14. The van der Waals surface area contributed by atoms with Crippen LogP contribution >= 0.6 is 0 Å². The number of ether oxygens (including phenoxy) is 2. The number of hydrogen-bond donors (Lipinski definition) is 0. The van der Waals surface area contributed by atoms with E-state index in [4.69, 9.17) is 9.47 Å². The SMILES string of the molecule is COc1cccc(C(C(=O)OCc2ccccc2)c2cc(C)n(Cc3ccccc3)c2C)c1. The van der Waals surface area contributed by atoms with Crippen molar-refractivity contribution in [3.63, 3.8) is 0 Å².